The highest BCUT2D eigenvalue weighted by Crippen LogP contribution is 2.16. The molecule has 6 heteroatoms. The third kappa shape index (κ3) is 4.53. The molecule has 0 spiro atoms. The van der Waals surface area contributed by atoms with Gasteiger partial charge in [-0.15, -0.1) is 0 Å². The minimum Gasteiger partial charge on any atom is -0.306 e. The molecule has 0 atom stereocenters. The Morgan fingerprint density at radius 1 is 1.29 bits per heavy atom. The first-order valence-electron chi connectivity index (χ1n) is 7.15. The summed E-state index contributed by atoms with van der Waals surface area (Å²) < 4.78 is 27.1. The smallest absolute Gasteiger partial charge is 0.240 e. The Kier molecular flexibility index (Phi) is 5.34. The third-order valence-electron chi connectivity index (χ3n) is 3.92. The molecule has 0 saturated carbocycles. The molecular formula is C15H21N3O2S. The van der Waals surface area contributed by atoms with Gasteiger partial charge >= 0.3 is 0 Å². The van der Waals surface area contributed by atoms with Gasteiger partial charge in [0.05, 0.1) is 17.4 Å². The van der Waals surface area contributed by atoms with Crippen LogP contribution in [0, 0.1) is 17.2 Å². The van der Waals surface area contributed by atoms with Gasteiger partial charge in [-0.05, 0) is 56.6 Å². The Bertz CT molecular complexity index is 597. The average molecular weight is 307 g/mol. The van der Waals surface area contributed by atoms with Crippen LogP contribution in [-0.2, 0) is 16.4 Å². The van der Waals surface area contributed by atoms with Crippen LogP contribution in [0.15, 0.2) is 29.2 Å². The maximum atomic E-state index is 12.2. The predicted molar refractivity (Wildman–Crippen MR) is 81.2 cm³/mol. The lowest BCUT2D eigenvalue weighted by atomic mass is 9.98. The largest absolute Gasteiger partial charge is 0.306 e. The molecular weight excluding hydrogens is 286 g/mol. The van der Waals surface area contributed by atoms with E-state index in [1.54, 1.807) is 24.3 Å². The highest BCUT2D eigenvalue weighted by Gasteiger charge is 2.20. The van der Waals surface area contributed by atoms with Crippen LogP contribution in [0.3, 0.4) is 0 Å². The molecule has 1 fully saturated rings. The summed E-state index contributed by atoms with van der Waals surface area (Å²) in [5.74, 6) is 0.411. The van der Waals surface area contributed by atoms with Gasteiger partial charge in [-0.25, -0.2) is 13.1 Å². The molecule has 2 rings (SSSR count). The monoisotopic (exact) mass is 307 g/mol. The highest BCUT2D eigenvalue weighted by molar-refractivity contribution is 7.89. The summed E-state index contributed by atoms with van der Waals surface area (Å²) >= 11 is 0. The van der Waals surface area contributed by atoms with E-state index in [0.717, 1.165) is 31.5 Å². The summed E-state index contributed by atoms with van der Waals surface area (Å²) in [5, 5.41) is 8.61. The van der Waals surface area contributed by atoms with Crippen molar-refractivity contribution >= 4 is 10.0 Å². The van der Waals surface area contributed by atoms with Crippen molar-refractivity contribution in [2.75, 3.05) is 26.7 Å². The van der Waals surface area contributed by atoms with Crippen molar-refractivity contribution in [1.29, 1.82) is 5.26 Å². The number of hydrogen-bond acceptors (Lipinski definition) is 4. The Balaban J connectivity index is 1.93. The number of nitriles is 1. The summed E-state index contributed by atoms with van der Waals surface area (Å²) in [6.07, 6.45) is 2.35. The van der Waals surface area contributed by atoms with Crippen LogP contribution >= 0.6 is 0 Å². The minimum absolute atomic E-state index is 0.261. The second-order valence-corrected chi connectivity index (χ2v) is 7.34. The molecule has 1 saturated heterocycles. The first kappa shape index (κ1) is 16.0. The molecule has 0 bridgehead atoms. The molecule has 0 aliphatic carbocycles. The number of hydrogen-bond donors (Lipinski definition) is 1. The first-order chi connectivity index (χ1) is 10.0. The highest BCUT2D eigenvalue weighted by atomic mass is 32.2. The van der Waals surface area contributed by atoms with Gasteiger partial charge in [-0.2, -0.15) is 5.26 Å². The van der Waals surface area contributed by atoms with Crippen LogP contribution in [-0.4, -0.2) is 40.0 Å². The summed E-state index contributed by atoms with van der Waals surface area (Å²) in [5.41, 5.74) is 0.826. The summed E-state index contributed by atoms with van der Waals surface area (Å²) in [7, 11) is -1.36. The fourth-order valence-electron chi connectivity index (χ4n) is 2.45. The van der Waals surface area contributed by atoms with Gasteiger partial charge in [0.2, 0.25) is 10.0 Å². The van der Waals surface area contributed by atoms with E-state index in [4.69, 9.17) is 5.26 Å². The van der Waals surface area contributed by atoms with Crippen LogP contribution in [0.2, 0.25) is 0 Å². The number of likely N-dealkylation sites (tertiary alicyclic amines) is 1. The van der Waals surface area contributed by atoms with Gasteiger partial charge in [0, 0.05) is 6.54 Å². The standard InChI is InChI=1S/C15H21N3O2S/c1-18-10-7-14(8-11-18)12-17-21(19,20)15-4-2-13(3-5-15)6-9-16/h2-5,14,17H,6-8,10-12H2,1H3. The molecule has 1 aromatic rings. The van der Waals surface area contributed by atoms with Gasteiger partial charge in [0.1, 0.15) is 0 Å². The molecule has 114 valence electrons. The fourth-order valence-corrected chi connectivity index (χ4v) is 3.57. The van der Waals surface area contributed by atoms with Gasteiger partial charge in [0.15, 0.2) is 0 Å². The maximum Gasteiger partial charge on any atom is 0.240 e. The summed E-state index contributed by atoms with van der Waals surface area (Å²) in [6.45, 7) is 2.54. The van der Waals surface area contributed by atoms with E-state index in [1.165, 1.54) is 0 Å². The van der Waals surface area contributed by atoms with E-state index in [2.05, 4.69) is 16.7 Å². The predicted octanol–water partition coefficient (Wildman–Crippen LogP) is 1.37. The van der Waals surface area contributed by atoms with E-state index in [-0.39, 0.29) is 4.90 Å². The zero-order valence-electron chi connectivity index (χ0n) is 12.2. The van der Waals surface area contributed by atoms with Crippen LogP contribution in [0.4, 0.5) is 0 Å². The lowest BCUT2D eigenvalue weighted by Crippen LogP contribution is -2.36. The fraction of sp³-hybridized carbons (Fsp3) is 0.533. The van der Waals surface area contributed by atoms with E-state index < -0.39 is 10.0 Å². The number of nitrogens with one attached hydrogen (secondary N) is 1. The molecule has 21 heavy (non-hydrogen) atoms. The third-order valence-corrected chi connectivity index (χ3v) is 5.36. The molecule has 1 aliphatic heterocycles. The average Bonchev–Trinajstić information content (AvgIpc) is 2.48. The molecule has 0 aromatic heterocycles. The molecule has 1 aromatic carbocycles. The zero-order valence-corrected chi connectivity index (χ0v) is 13.1. The Morgan fingerprint density at radius 2 is 1.90 bits per heavy atom. The van der Waals surface area contributed by atoms with E-state index in [9.17, 15) is 8.42 Å². The van der Waals surface area contributed by atoms with Crippen molar-refractivity contribution in [3.63, 3.8) is 0 Å². The number of rotatable bonds is 5. The summed E-state index contributed by atoms with van der Waals surface area (Å²) in [4.78, 5) is 2.52. The van der Waals surface area contributed by atoms with Gasteiger partial charge in [-0.1, -0.05) is 12.1 Å². The van der Waals surface area contributed by atoms with Gasteiger partial charge in [0.25, 0.3) is 0 Å². The first-order valence-corrected chi connectivity index (χ1v) is 8.63. The van der Waals surface area contributed by atoms with Crippen molar-refractivity contribution < 1.29 is 8.42 Å². The van der Waals surface area contributed by atoms with Crippen molar-refractivity contribution in [3.8, 4) is 6.07 Å². The Hall–Kier alpha value is -1.42. The lowest BCUT2D eigenvalue weighted by molar-refractivity contribution is 0.220. The molecule has 0 radical (unpaired) electrons. The summed E-state index contributed by atoms with van der Waals surface area (Å²) in [6, 6.07) is 8.54. The Labute approximate surface area is 126 Å². The van der Waals surface area contributed by atoms with E-state index >= 15 is 0 Å². The topological polar surface area (TPSA) is 73.2 Å². The second-order valence-electron chi connectivity index (χ2n) is 5.58. The van der Waals surface area contributed by atoms with Gasteiger partial charge < -0.3 is 4.90 Å². The molecule has 1 aliphatic rings. The molecule has 5 nitrogen and oxygen atoms in total. The van der Waals surface area contributed by atoms with Gasteiger partial charge in [-0.3, -0.25) is 0 Å². The van der Waals surface area contributed by atoms with Crippen molar-refractivity contribution in [1.82, 2.24) is 9.62 Å². The van der Waals surface area contributed by atoms with Crippen LogP contribution in [0.1, 0.15) is 18.4 Å². The second kappa shape index (κ2) is 7.03. The zero-order chi connectivity index (χ0) is 15.3. The van der Waals surface area contributed by atoms with E-state index in [0.29, 0.717) is 18.9 Å². The van der Waals surface area contributed by atoms with E-state index in [1.807, 2.05) is 6.07 Å². The Morgan fingerprint density at radius 3 is 2.48 bits per heavy atom. The number of benzene rings is 1. The molecule has 0 unspecified atom stereocenters. The van der Waals surface area contributed by atoms with Crippen molar-refractivity contribution in [3.05, 3.63) is 29.8 Å². The number of sulfonamides is 1. The number of nitrogens with zero attached hydrogens (tertiary/aromatic N) is 2. The lowest BCUT2D eigenvalue weighted by Gasteiger charge is -2.28. The van der Waals surface area contributed by atoms with Crippen LogP contribution in [0.25, 0.3) is 0 Å². The quantitative estimate of drug-likeness (QED) is 0.892. The van der Waals surface area contributed by atoms with Crippen LogP contribution < -0.4 is 4.72 Å². The molecule has 0 amide bonds. The van der Waals surface area contributed by atoms with Crippen molar-refractivity contribution in [2.24, 2.45) is 5.92 Å². The molecule has 1 heterocycles. The normalized spacial score (nSPS) is 17.5. The maximum absolute atomic E-state index is 12.2. The molecule has 1 N–H and O–H groups in total. The number of piperidine rings is 1. The minimum atomic E-state index is -3.45. The van der Waals surface area contributed by atoms with Crippen LogP contribution in [0.5, 0.6) is 0 Å². The van der Waals surface area contributed by atoms with Crippen molar-refractivity contribution in [2.45, 2.75) is 24.2 Å². The SMILES string of the molecule is CN1CCC(CNS(=O)(=O)c2ccc(CC#N)cc2)CC1.